The first-order valence-electron chi connectivity index (χ1n) is 9.06. The van der Waals surface area contributed by atoms with Gasteiger partial charge in [-0.1, -0.05) is 35.3 Å². The molecule has 0 spiro atoms. The first kappa shape index (κ1) is 18.5. The van der Waals surface area contributed by atoms with E-state index in [1.165, 1.54) is 0 Å². The smallest absolute Gasteiger partial charge is 0.276 e. The average Bonchev–Trinajstić information content (AvgIpc) is 3.29. The van der Waals surface area contributed by atoms with Crippen LogP contribution in [0.2, 0.25) is 9.36 Å². The number of hydrogen-bond acceptors (Lipinski definition) is 6. The quantitative estimate of drug-likeness (QED) is 0.495. The van der Waals surface area contributed by atoms with Gasteiger partial charge < -0.3 is 5.32 Å². The van der Waals surface area contributed by atoms with Crippen LogP contribution in [-0.4, -0.2) is 29.9 Å². The van der Waals surface area contributed by atoms with E-state index >= 15 is 0 Å². The van der Waals surface area contributed by atoms with Crippen molar-refractivity contribution < 1.29 is 4.79 Å². The summed E-state index contributed by atoms with van der Waals surface area (Å²) in [7, 11) is 0. The van der Waals surface area contributed by atoms with Crippen molar-refractivity contribution in [3.05, 3.63) is 56.9 Å². The van der Waals surface area contributed by atoms with E-state index in [9.17, 15) is 4.79 Å². The summed E-state index contributed by atoms with van der Waals surface area (Å²) in [6.45, 7) is 0. The van der Waals surface area contributed by atoms with Crippen LogP contribution in [-0.2, 0) is 12.8 Å². The Hall–Kier alpha value is -2.55. The molecule has 1 aromatic carbocycles. The van der Waals surface area contributed by atoms with Crippen LogP contribution in [0, 0.1) is 0 Å². The standard InChI is InChI=1S/C19H14Cl2N6OS/c20-15-16(26-29-17(15)21)18(28)22-11-7-5-10(6-8-11)14-9-27-19(24-14)23-12-3-1-2-4-13(12)25-27/h5-9H,1-4H2,(H,22,28). The van der Waals surface area contributed by atoms with Crippen molar-refractivity contribution in [1.29, 1.82) is 0 Å². The van der Waals surface area contributed by atoms with Crippen LogP contribution in [0.3, 0.4) is 0 Å². The molecule has 0 saturated heterocycles. The molecule has 1 N–H and O–H groups in total. The predicted octanol–water partition coefficient (Wildman–Crippen LogP) is 4.69. The maximum atomic E-state index is 12.3. The zero-order valence-corrected chi connectivity index (χ0v) is 17.4. The van der Waals surface area contributed by atoms with Gasteiger partial charge in [-0.3, -0.25) is 4.79 Å². The lowest BCUT2D eigenvalue weighted by Gasteiger charge is -2.12. The third-order valence-corrected chi connectivity index (χ3v) is 6.41. The number of carbonyl (C=O) groups is 1. The summed E-state index contributed by atoms with van der Waals surface area (Å²) < 4.78 is 6.01. The summed E-state index contributed by atoms with van der Waals surface area (Å²) in [5.74, 6) is 0.200. The molecule has 0 fully saturated rings. The molecule has 0 saturated carbocycles. The molecule has 10 heteroatoms. The number of rotatable bonds is 3. The van der Waals surface area contributed by atoms with Gasteiger partial charge in [0.2, 0.25) is 0 Å². The lowest BCUT2D eigenvalue weighted by Crippen LogP contribution is -2.12. The molecule has 3 aromatic heterocycles. The molecular formula is C19H14Cl2N6OS. The number of aryl methyl sites for hydroxylation is 2. The topological polar surface area (TPSA) is 85.1 Å². The Morgan fingerprint density at radius 2 is 1.83 bits per heavy atom. The molecule has 1 aliphatic carbocycles. The number of nitrogens with one attached hydrogen (secondary N) is 1. The molecule has 29 heavy (non-hydrogen) atoms. The van der Waals surface area contributed by atoms with Gasteiger partial charge >= 0.3 is 0 Å². The van der Waals surface area contributed by atoms with Gasteiger partial charge in [0, 0.05) is 11.3 Å². The second kappa shape index (κ2) is 7.37. The SMILES string of the molecule is O=C(Nc1ccc(-c2cn3nc4c(nc3n2)CCCC4)cc1)c1nsc(Cl)c1Cl. The third kappa shape index (κ3) is 3.48. The van der Waals surface area contributed by atoms with Crippen LogP contribution < -0.4 is 5.32 Å². The molecule has 0 bridgehead atoms. The van der Waals surface area contributed by atoms with E-state index < -0.39 is 5.91 Å². The van der Waals surface area contributed by atoms with E-state index in [0.717, 1.165) is 59.9 Å². The number of hydrogen-bond donors (Lipinski definition) is 1. The van der Waals surface area contributed by atoms with Crippen molar-refractivity contribution in [3.63, 3.8) is 0 Å². The minimum Gasteiger partial charge on any atom is -0.321 e. The molecule has 0 unspecified atom stereocenters. The highest BCUT2D eigenvalue weighted by molar-refractivity contribution is 7.11. The molecule has 1 amide bonds. The molecule has 146 valence electrons. The number of imidazole rings is 1. The van der Waals surface area contributed by atoms with Crippen molar-refractivity contribution in [1.82, 2.24) is 24.0 Å². The fourth-order valence-corrected chi connectivity index (χ4v) is 4.31. The molecule has 4 aromatic rings. The van der Waals surface area contributed by atoms with Crippen LogP contribution in [0.15, 0.2) is 30.5 Å². The molecule has 0 radical (unpaired) electrons. The summed E-state index contributed by atoms with van der Waals surface area (Å²) in [6, 6.07) is 7.36. The second-order valence-electron chi connectivity index (χ2n) is 6.73. The molecule has 0 atom stereocenters. The number of carbonyl (C=O) groups excluding carboxylic acids is 1. The summed E-state index contributed by atoms with van der Waals surface area (Å²) in [6.07, 6.45) is 6.11. The summed E-state index contributed by atoms with van der Waals surface area (Å²) >= 11 is 12.8. The minimum atomic E-state index is -0.405. The number of aromatic nitrogens is 5. The molecule has 7 nitrogen and oxygen atoms in total. The summed E-state index contributed by atoms with van der Waals surface area (Å²) in [4.78, 5) is 21.6. The fourth-order valence-electron chi connectivity index (χ4n) is 3.32. The Labute approximate surface area is 179 Å². The van der Waals surface area contributed by atoms with E-state index in [2.05, 4.69) is 24.8 Å². The molecule has 3 heterocycles. The highest BCUT2D eigenvalue weighted by Crippen LogP contribution is 2.30. The maximum Gasteiger partial charge on any atom is 0.276 e. The van der Waals surface area contributed by atoms with Gasteiger partial charge in [-0.25, -0.2) is 14.5 Å². The monoisotopic (exact) mass is 444 g/mol. The normalized spacial score (nSPS) is 13.4. The van der Waals surface area contributed by atoms with Gasteiger partial charge in [-0.05, 0) is 49.3 Å². The van der Waals surface area contributed by atoms with Gasteiger partial charge in [-0.2, -0.15) is 9.47 Å². The van der Waals surface area contributed by atoms with Gasteiger partial charge in [0.25, 0.3) is 11.7 Å². The number of halogens is 2. The highest BCUT2D eigenvalue weighted by Gasteiger charge is 2.18. The van der Waals surface area contributed by atoms with Crippen LogP contribution in [0.1, 0.15) is 34.7 Å². The predicted molar refractivity (Wildman–Crippen MR) is 113 cm³/mol. The highest BCUT2D eigenvalue weighted by atomic mass is 35.5. The first-order valence-corrected chi connectivity index (χ1v) is 10.6. The van der Waals surface area contributed by atoms with Crippen LogP contribution in [0.25, 0.3) is 17.0 Å². The zero-order valence-electron chi connectivity index (χ0n) is 15.0. The molecule has 0 aliphatic heterocycles. The Kier molecular flexibility index (Phi) is 4.69. The van der Waals surface area contributed by atoms with Crippen molar-refractivity contribution in [2.24, 2.45) is 0 Å². The Morgan fingerprint density at radius 1 is 1.07 bits per heavy atom. The Bertz CT molecular complexity index is 1190. The largest absolute Gasteiger partial charge is 0.321 e. The van der Waals surface area contributed by atoms with E-state index in [1.54, 1.807) is 16.6 Å². The number of benzene rings is 1. The minimum absolute atomic E-state index is 0.118. The molecule has 1 aliphatic rings. The number of fused-ring (bicyclic) bond motifs is 2. The number of nitrogens with zero attached hydrogens (tertiary/aromatic N) is 5. The van der Waals surface area contributed by atoms with Crippen LogP contribution >= 0.6 is 34.7 Å². The molecule has 5 rings (SSSR count). The Balaban J connectivity index is 1.38. The summed E-state index contributed by atoms with van der Waals surface area (Å²) in [5.41, 5.74) is 4.54. The fraction of sp³-hybridized carbons (Fsp3) is 0.211. The number of anilines is 1. The van der Waals surface area contributed by atoms with Gasteiger partial charge in [0.15, 0.2) is 5.69 Å². The summed E-state index contributed by atoms with van der Waals surface area (Å²) in [5, 5.41) is 7.60. The maximum absolute atomic E-state index is 12.3. The second-order valence-corrected chi connectivity index (χ2v) is 8.49. The van der Waals surface area contributed by atoms with E-state index in [-0.39, 0.29) is 10.7 Å². The lowest BCUT2D eigenvalue weighted by molar-refractivity contribution is 0.102. The van der Waals surface area contributed by atoms with Crippen molar-refractivity contribution >= 4 is 52.1 Å². The zero-order chi connectivity index (χ0) is 20.0. The van der Waals surface area contributed by atoms with Crippen LogP contribution in [0.5, 0.6) is 0 Å². The lowest BCUT2D eigenvalue weighted by atomic mass is 10.0. The Morgan fingerprint density at radius 3 is 2.55 bits per heavy atom. The van der Waals surface area contributed by atoms with E-state index in [1.807, 2.05) is 18.3 Å². The van der Waals surface area contributed by atoms with Crippen molar-refractivity contribution in [3.8, 4) is 11.3 Å². The van der Waals surface area contributed by atoms with Gasteiger partial charge in [0.1, 0.15) is 9.36 Å². The number of amides is 1. The van der Waals surface area contributed by atoms with Gasteiger partial charge in [-0.15, -0.1) is 0 Å². The van der Waals surface area contributed by atoms with Gasteiger partial charge in [0.05, 0.1) is 23.3 Å². The van der Waals surface area contributed by atoms with Crippen molar-refractivity contribution in [2.45, 2.75) is 25.7 Å². The third-order valence-electron chi connectivity index (χ3n) is 4.79. The van der Waals surface area contributed by atoms with Crippen molar-refractivity contribution in [2.75, 3.05) is 5.32 Å². The van der Waals surface area contributed by atoms with E-state index in [4.69, 9.17) is 23.2 Å². The average molecular weight is 445 g/mol. The van der Waals surface area contributed by atoms with E-state index in [0.29, 0.717) is 15.8 Å². The first-order chi connectivity index (χ1) is 14.1. The van der Waals surface area contributed by atoms with Crippen LogP contribution in [0.4, 0.5) is 5.69 Å². The molecular weight excluding hydrogens is 431 g/mol.